The SMILES string of the molecule is CC1C(C(=O)O)CCN1C(=O)CCSc1ccc(Cl)cc1. The normalized spacial score (nSPS) is 21.5. The molecule has 0 spiro atoms. The van der Waals surface area contributed by atoms with Crippen LogP contribution in [-0.4, -0.2) is 40.2 Å². The Bertz CT molecular complexity index is 520. The second kappa shape index (κ2) is 7.18. The van der Waals surface area contributed by atoms with Gasteiger partial charge in [0.1, 0.15) is 0 Å². The molecule has 1 amide bonds. The van der Waals surface area contributed by atoms with Crippen LogP contribution in [0, 0.1) is 5.92 Å². The van der Waals surface area contributed by atoms with Crippen molar-refractivity contribution >= 4 is 35.2 Å². The van der Waals surface area contributed by atoms with Crippen LogP contribution < -0.4 is 0 Å². The molecule has 0 aliphatic carbocycles. The molecule has 1 aliphatic rings. The van der Waals surface area contributed by atoms with Crippen molar-refractivity contribution < 1.29 is 14.7 Å². The number of hydrogen-bond acceptors (Lipinski definition) is 3. The number of halogens is 1. The Kier molecular flexibility index (Phi) is 5.53. The van der Waals surface area contributed by atoms with E-state index in [1.165, 1.54) is 0 Å². The molecule has 1 N–H and O–H groups in total. The molecule has 4 nitrogen and oxygen atoms in total. The van der Waals surface area contributed by atoms with Gasteiger partial charge in [-0.1, -0.05) is 11.6 Å². The quantitative estimate of drug-likeness (QED) is 0.844. The second-order valence-corrected chi connectivity index (χ2v) is 6.72. The van der Waals surface area contributed by atoms with Gasteiger partial charge < -0.3 is 10.0 Å². The molecule has 6 heteroatoms. The summed E-state index contributed by atoms with van der Waals surface area (Å²) in [5.74, 6) is -0.527. The Balaban J connectivity index is 1.80. The summed E-state index contributed by atoms with van der Waals surface area (Å²) in [7, 11) is 0. The van der Waals surface area contributed by atoms with Crippen LogP contribution in [0.3, 0.4) is 0 Å². The van der Waals surface area contributed by atoms with Gasteiger partial charge in [0.15, 0.2) is 0 Å². The van der Waals surface area contributed by atoms with Crippen LogP contribution in [0.1, 0.15) is 19.8 Å². The highest BCUT2D eigenvalue weighted by molar-refractivity contribution is 7.99. The largest absolute Gasteiger partial charge is 0.481 e. The predicted octanol–water partition coefficient (Wildman–Crippen LogP) is 3.14. The smallest absolute Gasteiger partial charge is 0.308 e. The Hall–Kier alpha value is -1.20. The van der Waals surface area contributed by atoms with E-state index in [1.54, 1.807) is 16.7 Å². The number of thioether (sulfide) groups is 1. The minimum absolute atomic E-state index is 0.0349. The lowest BCUT2D eigenvalue weighted by atomic mass is 10.0. The molecule has 2 atom stereocenters. The molecule has 1 aromatic carbocycles. The fourth-order valence-electron chi connectivity index (χ4n) is 2.55. The third-order valence-corrected chi connectivity index (χ3v) is 5.06. The van der Waals surface area contributed by atoms with Crippen molar-refractivity contribution in [3.05, 3.63) is 29.3 Å². The van der Waals surface area contributed by atoms with E-state index in [1.807, 2.05) is 31.2 Å². The summed E-state index contributed by atoms with van der Waals surface area (Å²) < 4.78 is 0. The third-order valence-electron chi connectivity index (χ3n) is 3.79. The van der Waals surface area contributed by atoms with E-state index < -0.39 is 11.9 Å². The highest BCUT2D eigenvalue weighted by Gasteiger charge is 2.37. The van der Waals surface area contributed by atoms with Crippen molar-refractivity contribution in [1.82, 2.24) is 4.90 Å². The fraction of sp³-hybridized carbons (Fsp3) is 0.467. The van der Waals surface area contributed by atoms with Gasteiger partial charge in [-0.05, 0) is 37.6 Å². The van der Waals surface area contributed by atoms with Gasteiger partial charge in [0.05, 0.1) is 5.92 Å². The van der Waals surface area contributed by atoms with E-state index in [0.29, 0.717) is 30.2 Å². The zero-order valence-electron chi connectivity index (χ0n) is 11.8. The minimum atomic E-state index is -0.812. The van der Waals surface area contributed by atoms with E-state index in [9.17, 15) is 9.59 Å². The van der Waals surface area contributed by atoms with E-state index in [2.05, 4.69) is 0 Å². The number of carboxylic acids is 1. The van der Waals surface area contributed by atoms with Crippen molar-refractivity contribution in [2.75, 3.05) is 12.3 Å². The second-order valence-electron chi connectivity index (χ2n) is 5.11. The van der Waals surface area contributed by atoms with Gasteiger partial charge in [-0.25, -0.2) is 0 Å². The fourth-order valence-corrected chi connectivity index (χ4v) is 3.52. The molecule has 2 unspecified atom stereocenters. The van der Waals surface area contributed by atoms with Gasteiger partial charge in [0, 0.05) is 34.7 Å². The Morgan fingerprint density at radius 3 is 2.62 bits per heavy atom. The maximum absolute atomic E-state index is 12.2. The average Bonchev–Trinajstić information content (AvgIpc) is 2.83. The highest BCUT2D eigenvalue weighted by atomic mass is 35.5. The lowest BCUT2D eigenvalue weighted by Gasteiger charge is -2.23. The van der Waals surface area contributed by atoms with Crippen LogP contribution in [0.4, 0.5) is 0 Å². The number of hydrogen-bond donors (Lipinski definition) is 1. The zero-order valence-corrected chi connectivity index (χ0v) is 13.4. The van der Waals surface area contributed by atoms with Crippen molar-refractivity contribution in [2.24, 2.45) is 5.92 Å². The Labute approximate surface area is 133 Å². The molecule has 0 bridgehead atoms. The number of benzene rings is 1. The van der Waals surface area contributed by atoms with Gasteiger partial charge in [-0.15, -0.1) is 11.8 Å². The van der Waals surface area contributed by atoms with Crippen molar-refractivity contribution in [3.63, 3.8) is 0 Å². The van der Waals surface area contributed by atoms with Crippen LogP contribution in [0.25, 0.3) is 0 Å². The number of carboxylic acid groups (broad SMARTS) is 1. The number of rotatable bonds is 5. The van der Waals surface area contributed by atoms with E-state index in [0.717, 1.165) is 4.90 Å². The van der Waals surface area contributed by atoms with Gasteiger partial charge in [0.25, 0.3) is 0 Å². The molecule has 1 aliphatic heterocycles. The minimum Gasteiger partial charge on any atom is -0.481 e. The molecular formula is C15H18ClNO3S. The van der Waals surface area contributed by atoms with Gasteiger partial charge in [0.2, 0.25) is 5.91 Å². The first-order valence-electron chi connectivity index (χ1n) is 6.89. The van der Waals surface area contributed by atoms with Crippen LogP contribution >= 0.6 is 23.4 Å². The van der Waals surface area contributed by atoms with Crippen molar-refractivity contribution in [2.45, 2.75) is 30.7 Å². The number of carbonyl (C=O) groups excluding carboxylic acids is 1. The molecule has 1 aromatic rings. The van der Waals surface area contributed by atoms with Crippen LogP contribution in [0.5, 0.6) is 0 Å². The lowest BCUT2D eigenvalue weighted by molar-refractivity contribution is -0.143. The zero-order chi connectivity index (χ0) is 15.4. The van der Waals surface area contributed by atoms with Crippen molar-refractivity contribution in [1.29, 1.82) is 0 Å². The van der Waals surface area contributed by atoms with Gasteiger partial charge in [-0.2, -0.15) is 0 Å². The molecule has 2 rings (SSSR count). The highest BCUT2D eigenvalue weighted by Crippen LogP contribution is 2.26. The molecule has 1 fully saturated rings. The summed E-state index contributed by atoms with van der Waals surface area (Å²) in [5, 5.41) is 9.77. The molecular weight excluding hydrogens is 310 g/mol. The standard InChI is InChI=1S/C15H18ClNO3S/c1-10-13(15(19)20)6-8-17(10)14(18)7-9-21-12-4-2-11(16)3-5-12/h2-5,10,13H,6-9H2,1H3,(H,19,20). The lowest BCUT2D eigenvalue weighted by Crippen LogP contribution is -2.37. The predicted molar refractivity (Wildman–Crippen MR) is 83.7 cm³/mol. The molecule has 1 heterocycles. The van der Waals surface area contributed by atoms with Gasteiger partial charge >= 0.3 is 5.97 Å². The number of likely N-dealkylation sites (tertiary alicyclic amines) is 1. The summed E-state index contributed by atoms with van der Waals surface area (Å²) in [6, 6.07) is 7.29. The maximum atomic E-state index is 12.2. The molecule has 0 radical (unpaired) electrons. The monoisotopic (exact) mass is 327 g/mol. The molecule has 1 saturated heterocycles. The number of aliphatic carboxylic acids is 1. The van der Waals surface area contributed by atoms with E-state index in [4.69, 9.17) is 16.7 Å². The number of carbonyl (C=O) groups is 2. The summed E-state index contributed by atoms with van der Waals surface area (Å²) in [5.41, 5.74) is 0. The van der Waals surface area contributed by atoms with Crippen molar-refractivity contribution in [3.8, 4) is 0 Å². The first-order chi connectivity index (χ1) is 9.99. The molecule has 21 heavy (non-hydrogen) atoms. The van der Waals surface area contributed by atoms with Gasteiger partial charge in [-0.3, -0.25) is 9.59 Å². The summed E-state index contributed by atoms with van der Waals surface area (Å²) in [6.45, 7) is 2.36. The van der Waals surface area contributed by atoms with Crippen LogP contribution in [0.2, 0.25) is 5.02 Å². The topological polar surface area (TPSA) is 57.6 Å². The van der Waals surface area contributed by atoms with E-state index >= 15 is 0 Å². The number of amides is 1. The summed E-state index contributed by atoms with van der Waals surface area (Å²) in [6.07, 6.45) is 0.969. The summed E-state index contributed by atoms with van der Waals surface area (Å²) in [4.78, 5) is 26.0. The maximum Gasteiger partial charge on any atom is 0.308 e. The Morgan fingerprint density at radius 2 is 2.05 bits per heavy atom. The van der Waals surface area contributed by atoms with Crippen LogP contribution in [-0.2, 0) is 9.59 Å². The molecule has 0 aromatic heterocycles. The summed E-state index contributed by atoms with van der Waals surface area (Å²) >= 11 is 7.42. The molecule has 114 valence electrons. The number of nitrogens with zero attached hydrogens (tertiary/aromatic N) is 1. The first-order valence-corrected chi connectivity index (χ1v) is 8.26. The average molecular weight is 328 g/mol. The third kappa shape index (κ3) is 4.14. The Morgan fingerprint density at radius 1 is 1.38 bits per heavy atom. The molecule has 0 saturated carbocycles. The van der Waals surface area contributed by atoms with E-state index in [-0.39, 0.29) is 11.9 Å². The van der Waals surface area contributed by atoms with Crippen LogP contribution in [0.15, 0.2) is 29.2 Å². The first kappa shape index (κ1) is 16.2.